The van der Waals surface area contributed by atoms with Crippen molar-refractivity contribution in [2.75, 3.05) is 18.2 Å². The van der Waals surface area contributed by atoms with Crippen LogP contribution in [0.3, 0.4) is 0 Å². The van der Waals surface area contributed by atoms with Crippen molar-refractivity contribution in [2.45, 2.75) is 6.92 Å². The summed E-state index contributed by atoms with van der Waals surface area (Å²) >= 11 is 0. The first-order valence-electron chi connectivity index (χ1n) is 6.02. The maximum absolute atomic E-state index is 13.1. The van der Waals surface area contributed by atoms with E-state index in [1.54, 1.807) is 18.2 Å². The molecule has 104 valence electrons. The number of halogens is 1. The molecule has 0 fully saturated rings. The average molecular weight is 274 g/mol. The number of anilines is 2. The van der Waals surface area contributed by atoms with Gasteiger partial charge in [-0.2, -0.15) is 0 Å². The standard InChI is InChI=1S/C15H15FN2O2/c1-9-3-4-10(7-12(9)17)15(19)18-13-6-5-11(16)8-14(13)20-2/h3-8H,17H2,1-2H3,(H,18,19). The third-order valence-electron chi connectivity index (χ3n) is 2.95. The monoisotopic (exact) mass is 274 g/mol. The van der Waals surface area contributed by atoms with Crippen molar-refractivity contribution in [2.24, 2.45) is 0 Å². The van der Waals surface area contributed by atoms with Gasteiger partial charge in [0.05, 0.1) is 12.8 Å². The van der Waals surface area contributed by atoms with Crippen LogP contribution >= 0.6 is 0 Å². The Hall–Kier alpha value is -2.56. The minimum atomic E-state index is -0.431. The number of rotatable bonds is 3. The van der Waals surface area contributed by atoms with E-state index in [2.05, 4.69) is 5.32 Å². The van der Waals surface area contributed by atoms with Gasteiger partial charge in [0.25, 0.3) is 5.91 Å². The summed E-state index contributed by atoms with van der Waals surface area (Å²) in [6.07, 6.45) is 0. The fourth-order valence-corrected chi connectivity index (χ4v) is 1.74. The fraction of sp³-hybridized carbons (Fsp3) is 0.133. The summed E-state index contributed by atoms with van der Waals surface area (Å²) in [5.74, 6) is -0.500. The van der Waals surface area contributed by atoms with E-state index in [1.807, 2.05) is 6.92 Å². The van der Waals surface area contributed by atoms with E-state index in [9.17, 15) is 9.18 Å². The van der Waals surface area contributed by atoms with Gasteiger partial charge in [-0.1, -0.05) is 6.07 Å². The van der Waals surface area contributed by atoms with Gasteiger partial charge in [0, 0.05) is 17.3 Å². The van der Waals surface area contributed by atoms with Crippen molar-refractivity contribution in [3.63, 3.8) is 0 Å². The number of ether oxygens (including phenoxy) is 1. The highest BCUT2D eigenvalue weighted by Crippen LogP contribution is 2.25. The second-order valence-corrected chi connectivity index (χ2v) is 4.37. The molecule has 0 heterocycles. The van der Waals surface area contributed by atoms with Gasteiger partial charge >= 0.3 is 0 Å². The van der Waals surface area contributed by atoms with Gasteiger partial charge in [0.1, 0.15) is 11.6 Å². The zero-order valence-electron chi connectivity index (χ0n) is 11.2. The maximum atomic E-state index is 13.1. The van der Waals surface area contributed by atoms with Crippen molar-refractivity contribution in [3.8, 4) is 5.75 Å². The zero-order chi connectivity index (χ0) is 14.7. The molecule has 0 bridgehead atoms. The van der Waals surface area contributed by atoms with E-state index in [1.165, 1.54) is 25.3 Å². The summed E-state index contributed by atoms with van der Waals surface area (Å²) in [5, 5.41) is 2.67. The summed E-state index contributed by atoms with van der Waals surface area (Å²) in [5.41, 5.74) is 8.05. The second-order valence-electron chi connectivity index (χ2n) is 4.37. The largest absolute Gasteiger partial charge is 0.494 e. The highest BCUT2D eigenvalue weighted by molar-refractivity contribution is 6.05. The third-order valence-corrected chi connectivity index (χ3v) is 2.95. The maximum Gasteiger partial charge on any atom is 0.255 e. The quantitative estimate of drug-likeness (QED) is 0.846. The molecule has 0 aliphatic carbocycles. The minimum absolute atomic E-state index is 0.262. The van der Waals surface area contributed by atoms with Crippen LogP contribution in [0.1, 0.15) is 15.9 Å². The molecule has 0 radical (unpaired) electrons. The summed E-state index contributed by atoms with van der Waals surface area (Å²) < 4.78 is 18.1. The van der Waals surface area contributed by atoms with Gasteiger partial charge in [-0.25, -0.2) is 4.39 Å². The number of hydrogen-bond acceptors (Lipinski definition) is 3. The Morgan fingerprint density at radius 2 is 2.00 bits per heavy atom. The molecule has 0 aliphatic rings. The van der Waals surface area contributed by atoms with E-state index in [-0.39, 0.29) is 11.7 Å². The zero-order valence-corrected chi connectivity index (χ0v) is 11.2. The van der Waals surface area contributed by atoms with Crippen LogP contribution in [0.5, 0.6) is 5.75 Å². The number of nitrogens with two attached hydrogens (primary N) is 1. The molecule has 0 atom stereocenters. The molecule has 20 heavy (non-hydrogen) atoms. The Bertz CT molecular complexity index is 656. The topological polar surface area (TPSA) is 64.3 Å². The molecule has 2 aromatic carbocycles. The predicted molar refractivity (Wildman–Crippen MR) is 76.5 cm³/mol. The summed E-state index contributed by atoms with van der Waals surface area (Å²) in [4.78, 5) is 12.1. The van der Waals surface area contributed by atoms with Crippen LogP contribution < -0.4 is 15.8 Å². The Balaban J connectivity index is 2.25. The lowest BCUT2D eigenvalue weighted by Crippen LogP contribution is -2.13. The predicted octanol–water partition coefficient (Wildman–Crippen LogP) is 2.98. The molecule has 2 aromatic rings. The van der Waals surface area contributed by atoms with E-state index >= 15 is 0 Å². The Kier molecular flexibility index (Phi) is 3.89. The van der Waals surface area contributed by atoms with Crippen molar-refractivity contribution >= 4 is 17.3 Å². The molecular formula is C15H15FN2O2. The number of methoxy groups -OCH3 is 1. The number of hydrogen-bond donors (Lipinski definition) is 2. The number of benzene rings is 2. The molecule has 0 aliphatic heterocycles. The number of carbonyl (C=O) groups is 1. The lowest BCUT2D eigenvalue weighted by Gasteiger charge is -2.11. The molecule has 0 aromatic heterocycles. The molecule has 0 saturated heterocycles. The highest BCUT2D eigenvalue weighted by Gasteiger charge is 2.11. The summed E-state index contributed by atoms with van der Waals surface area (Å²) in [6.45, 7) is 1.86. The van der Waals surface area contributed by atoms with Crippen LogP contribution in [-0.4, -0.2) is 13.0 Å². The molecule has 5 heteroatoms. The highest BCUT2D eigenvalue weighted by atomic mass is 19.1. The molecule has 4 nitrogen and oxygen atoms in total. The van der Waals surface area contributed by atoms with Gasteiger partial charge < -0.3 is 15.8 Å². The minimum Gasteiger partial charge on any atom is -0.494 e. The number of aryl methyl sites for hydroxylation is 1. The van der Waals surface area contributed by atoms with E-state index < -0.39 is 5.82 Å². The molecule has 0 spiro atoms. The molecule has 0 saturated carbocycles. The fourth-order valence-electron chi connectivity index (χ4n) is 1.74. The number of amides is 1. The van der Waals surface area contributed by atoms with Gasteiger partial charge in [0.15, 0.2) is 0 Å². The molecular weight excluding hydrogens is 259 g/mol. The number of nitrogens with one attached hydrogen (secondary N) is 1. The van der Waals surface area contributed by atoms with Crippen molar-refractivity contribution in [1.29, 1.82) is 0 Å². The van der Waals surface area contributed by atoms with Crippen LogP contribution in [0, 0.1) is 12.7 Å². The van der Waals surface area contributed by atoms with E-state index in [4.69, 9.17) is 10.5 Å². The van der Waals surface area contributed by atoms with Crippen LogP contribution in [0.25, 0.3) is 0 Å². The lowest BCUT2D eigenvalue weighted by atomic mass is 10.1. The van der Waals surface area contributed by atoms with Gasteiger partial charge in [-0.15, -0.1) is 0 Å². The van der Waals surface area contributed by atoms with Crippen LogP contribution in [0.2, 0.25) is 0 Å². The van der Waals surface area contributed by atoms with Crippen molar-refractivity contribution in [3.05, 3.63) is 53.3 Å². The first-order valence-corrected chi connectivity index (χ1v) is 6.02. The smallest absolute Gasteiger partial charge is 0.255 e. The first-order chi connectivity index (χ1) is 9.51. The van der Waals surface area contributed by atoms with Crippen LogP contribution in [0.4, 0.5) is 15.8 Å². The first kappa shape index (κ1) is 13.9. The molecule has 3 N–H and O–H groups in total. The SMILES string of the molecule is COc1cc(F)ccc1NC(=O)c1ccc(C)c(N)c1. The lowest BCUT2D eigenvalue weighted by molar-refractivity contribution is 0.102. The van der Waals surface area contributed by atoms with Crippen LogP contribution in [0.15, 0.2) is 36.4 Å². The Morgan fingerprint density at radius 3 is 2.65 bits per heavy atom. The summed E-state index contributed by atoms with van der Waals surface area (Å²) in [6, 6.07) is 8.95. The normalized spacial score (nSPS) is 10.2. The van der Waals surface area contributed by atoms with Crippen molar-refractivity contribution in [1.82, 2.24) is 0 Å². The van der Waals surface area contributed by atoms with Gasteiger partial charge in [0.2, 0.25) is 0 Å². The third kappa shape index (κ3) is 2.88. The molecule has 0 unspecified atom stereocenters. The van der Waals surface area contributed by atoms with E-state index in [0.717, 1.165) is 5.56 Å². The van der Waals surface area contributed by atoms with Crippen molar-refractivity contribution < 1.29 is 13.9 Å². The van der Waals surface area contributed by atoms with Crippen LogP contribution in [-0.2, 0) is 0 Å². The second kappa shape index (κ2) is 5.61. The Labute approximate surface area is 116 Å². The summed E-state index contributed by atoms with van der Waals surface area (Å²) in [7, 11) is 1.41. The molecule has 1 amide bonds. The van der Waals surface area contributed by atoms with Gasteiger partial charge in [-0.3, -0.25) is 4.79 Å². The molecule has 2 rings (SSSR count). The van der Waals surface area contributed by atoms with E-state index in [0.29, 0.717) is 16.9 Å². The number of carbonyl (C=O) groups excluding carboxylic acids is 1. The number of nitrogen functional groups attached to an aromatic ring is 1. The van der Waals surface area contributed by atoms with Gasteiger partial charge in [-0.05, 0) is 36.8 Å². The average Bonchev–Trinajstić information content (AvgIpc) is 2.43. The Morgan fingerprint density at radius 1 is 1.25 bits per heavy atom.